The maximum Gasteiger partial charge on any atom is 1.00 e. The van der Waals surface area contributed by atoms with Crippen molar-refractivity contribution in [1.29, 1.82) is 0 Å². The van der Waals surface area contributed by atoms with Crippen molar-refractivity contribution in [1.82, 2.24) is 0 Å². The molecular weight excluding hydrogens is 253 g/mol. The predicted octanol–water partition coefficient (Wildman–Crippen LogP) is -1.44. The molecule has 0 amide bonds. The third-order valence-electron chi connectivity index (χ3n) is 3.13. The number of hydrogen-bond donors (Lipinski definition) is 1. The van der Waals surface area contributed by atoms with Crippen LogP contribution in [-0.2, 0) is 9.59 Å². The topological polar surface area (TPSA) is 83.2 Å². The molecule has 0 aliphatic carbocycles. The number of ketones is 1. The van der Waals surface area contributed by atoms with Gasteiger partial charge >= 0.3 is 29.6 Å². The number of unbranched alkanes of at least 4 members (excludes halogenated alkanes) is 8. The summed E-state index contributed by atoms with van der Waals surface area (Å²) in [5.41, 5.74) is 5.16. The van der Waals surface area contributed by atoms with E-state index in [9.17, 15) is 14.7 Å². The second-order valence-corrected chi connectivity index (χ2v) is 4.84. The van der Waals surface area contributed by atoms with Crippen LogP contribution in [0.1, 0.15) is 71.1 Å². The molecule has 0 aromatic heterocycles. The minimum absolute atomic E-state index is 0. The van der Waals surface area contributed by atoms with Gasteiger partial charge in [-0.15, -0.1) is 0 Å². The van der Waals surface area contributed by atoms with Gasteiger partial charge in [0.2, 0.25) is 0 Å². The summed E-state index contributed by atoms with van der Waals surface area (Å²) in [6, 6.07) is -1.45. The summed E-state index contributed by atoms with van der Waals surface area (Å²) in [6.45, 7) is 2.20. The van der Waals surface area contributed by atoms with Crippen molar-refractivity contribution in [3.8, 4) is 0 Å². The molecule has 0 aliphatic heterocycles. The fourth-order valence-electron chi connectivity index (χ4n) is 1.90. The van der Waals surface area contributed by atoms with Crippen LogP contribution < -0.4 is 40.4 Å². The Morgan fingerprint density at radius 3 is 1.79 bits per heavy atom. The first-order chi connectivity index (χ1) is 8.59. The molecule has 0 aliphatic rings. The van der Waals surface area contributed by atoms with Gasteiger partial charge in [-0.2, -0.15) is 0 Å². The minimum atomic E-state index is -1.48. The van der Waals surface area contributed by atoms with E-state index >= 15 is 0 Å². The molecule has 19 heavy (non-hydrogen) atoms. The Hall–Kier alpha value is 0.100. The van der Waals surface area contributed by atoms with E-state index in [1.54, 1.807) is 0 Å². The zero-order chi connectivity index (χ0) is 13.8. The Kier molecular flexibility index (Phi) is 16.3. The fourth-order valence-corrected chi connectivity index (χ4v) is 1.90. The first-order valence-corrected chi connectivity index (χ1v) is 7.08. The van der Waals surface area contributed by atoms with Crippen molar-refractivity contribution in [2.75, 3.05) is 0 Å². The molecule has 4 nitrogen and oxygen atoms in total. The van der Waals surface area contributed by atoms with Gasteiger partial charge in [0.05, 0.1) is 5.97 Å². The summed E-state index contributed by atoms with van der Waals surface area (Å²) in [4.78, 5) is 21.6. The number of hydrogen-bond acceptors (Lipinski definition) is 4. The molecule has 0 saturated heterocycles. The molecule has 0 spiro atoms. The van der Waals surface area contributed by atoms with E-state index in [0.717, 1.165) is 19.3 Å². The van der Waals surface area contributed by atoms with E-state index in [4.69, 9.17) is 5.73 Å². The van der Waals surface area contributed by atoms with Crippen molar-refractivity contribution in [3.63, 3.8) is 0 Å². The van der Waals surface area contributed by atoms with Crippen molar-refractivity contribution in [2.45, 2.75) is 77.2 Å². The van der Waals surface area contributed by atoms with Gasteiger partial charge in [0, 0.05) is 6.42 Å². The van der Waals surface area contributed by atoms with Crippen LogP contribution >= 0.6 is 0 Å². The van der Waals surface area contributed by atoms with Gasteiger partial charge < -0.3 is 15.6 Å². The molecule has 0 heterocycles. The normalized spacial score (nSPS) is 11.7. The molecule has 5 heteroatoms. The van der Waals surface area contributed by atoms with Crippen molar-refractivity contribution >= 4 is 11.8 Å². The number of carbonyl (C=O) groups excluding carboxylic acids is 2. The van der Waals surface area contributed by atoms with Crippen molar-refractivity contribution in [2.24, 2.45) is 5.73 Å². The van der Waals surface area contributed by atoms with Crippen molar-refractivity contribution < 1.29 is 44.3 Å². The number of nitrogens with two attached hydrogens (primary N) is 1. The Labute approximate surface area is 138 Å². The van der Waals surface area contributed by atoms with Gasteiger partial charge in [-0.05, 0) is 6.42 Å². The third-order valence-corrected chi connectivity index (χ3v) is 3.13. The van der Waals surface area contributed by atoms with Crippen LogP contribution in [-0.4, -0.2) is 17.8 Å². The second kappa shape index (κ2) is 14.5. The molecule has 106 valence electrons. The average molecular weight is 279 g/mol. The molecule has 1 atom stereocenters. The molecule has 2 N–H and O–H groups in total. The molecule has 1 unspecified atom stereocenters. The summed E-state index contributed by atoms with van der Waals surface area (Å²) in [5, 5.41) is 10.3. The Morgan fingerprint density at radius 2 is 1.37 bits per heavy atom. The Bertz CT molecular complexity index is 247. The summed E-state index contributed by atoms with van der Waals surface area (Å²) in [7, 11) is 0. The van der Waals surface area contributed by atoms with Crippen LogP contribution in [0.15, 0.2) is 0 Å². The van der Waals surface area contributed by atoms with E-state index < -0.39 is 17.8 Å². The molecule has 0 saturated carbocycles. The van der Waals surface area contributed by atoms with Crippen LogP contribution in [0.5, 0.6) is 0 Å². The van der Waals surface area contributed by atoms with Crippen molar-refractivity contribution in [3.05, 3.63) is 0 Å². The zero-order valence-electron chi connectivity index (χ0n) is 12.5. The Morgan fingerprint density at radius 1 is 0.947 bits per heavy atom. The fraction of sp³-hybridized carbons (Fsp3) is 0.857. The number of carbonyl (C=O) groups is 2. The number of rotatable bonds is 12. The maximum absolute atomic E-state index is 11.2. The van der Waals surface area contributed by atoms with Crippen LogP contribution in [0.2, 0.25) is 0 Å². The van der Waals surface area contributed by atoms with Gasteiger partial charge in [0.25, 0.3) is 0 Å². The second-order valence-electron chi connectivity index (χ2n) is 4.84. The standard InChI is InChI=1S/C14H27NO3.Na/c1-2-3-4-5-6-7-8-9-10-11-12(16)13(15)14(17)18;/h13H,2-11,15H2,1H3,(H,17,18);/q;+1/p-1. The summed E-state index contributed by atoms with van der Waals surface area (Å²) in [5.74, 6) is -1.89. The maximum atomic E-state index is 11.2. The molecular formula is C14H26NNaO3. The van der Waals surface area contributed by atoms with E-state index in [1.807, 2.05) is 0 Å². The molecule has 0 bridgehead atoms. The predicted molar refractivity (Wildman–Crippen MR) is 69.8 cm³/mol. The number of Topliss-reactive ketones (excluding diaryl/α,β-unsaturated/α-hetero) is 1. The van der Waals surface area contributed by atoms with Crippen LogP contribution in [0.4, 0.5) is 0 Å². The summed E-state index contributed by atoms with van der Waals surface area (Å²) >= 11 is 0. The van der Waals surface area contributed by atoms with Gasteiger partial charge in [-0.3, -0.25) is 4.79 Å². The van der Waals surface area contributed by atoms with Crippen LogP contribution in [0.25, 0.3) is 0 Å². The van der Waals surface area contributed by atoms with Gasteiger partial charge in [0.1, 0.15) is 6.04 Å². The Balaban J connectivity index is 0. The van der Waals surface area contributed by atoms with E-state index in [-0.39, 0.29) is 36.0 Å². The minimum Gasteiger partial charge on any atom is -0.548 e. The SMILES string of the molecule is CCCCCCCCCCCC(=O)C(N)C(=O)[O-].[Na+]. The molecule has 0 radical (unpaired) electrons. The van der Waals surface area contributed by atoms with Gasteiger partial charge in [-0.25, -0.2) is 0 Å². The van der Waals surface area contributed by atoms with E-state index in [0.29, 0.717) is 0 Å². The largest absolute Gasteiger partial charge is 1.00 e. The molecule has 0 rings (SSSR count). The first kappa shape index (κ1) is 21.4. The van der Waals surface area contributed by atoms with Crippen LogP contribution in [0.3, 0.4) is 0 Å². The van der Waals surface area contributed by atoms with E-state index in [1.165, 1.54) is 38.5 Å². The number of aliphatic carboxylic acids is 1. The number of carboxylic acids is 1. The van der Waals surface area contributed by atoms with E-state index in [2.05, 4.69) is 6.92 Å². The van der Waals surface area contributed by atoms with Crippen LogP contribution in [0, 0.1) is 0 Å². The summed E-state index contributed by atoms with van der Waals surface area (Å²) < 4.78 is 0. The van der Waals surface area contributed by atoms with Gasteiger partial charge in [-0.1, -0.05) is 58.3 Å². The average Bonchev–Trinajstić information content (AvgIpc) is 2.35. The molecule has 0 aromatic carbocycles. The first-order valence-electron chi connectivity index (χ1n) is 7.08. The quantitative estimate of drug-likeness (QED) is 0.269. The smallest absolute Gasteiger partial charge is 0.548 e. The van der Waals surface area contributed by atoms with Gasteiger partial charge in [0.15, 0.2) is 5.78 Å². The number of carboxylic acid groups (broad SMARTS) is 1. The third kappa shape index (κ3) is 12.9. The monoisotopic (exact) mass is 279 g/mol. The zero-order valence-corrected chi connectivity index (χ0v) is 14.5. The molecule has 0 aromatic rings. The molecule has 0 fully saturated rings. The summed E-state index contributed by atoms with van der Waals surface area (Å²) in [6.07, 6.45) is 10.7.